The van der Waals surface area contributed by atoms with Crippen LogP contribution in [0.3, 0.4) is 0 Å². The number of pyridine rings is 1. The number of amides is 1. The van der Waals surface area contributed by atoms with Crippen LogP contribution in [0, 0.1) is 6.92 Å². The minimum absolute atomic E-state index is 0.0585. The van der Waals surface area contributed by atoms with Crippen molar-refractivity contribution in [2.45, 2.75) is 46.1 Å². The summed E-state index contributed by atoms with van der Waals surface area (Å²) in [4.78, 5) is 26.8. The van der Waals surface area contributed by atoms with E-state index in [0.717, 1.165) is 10.0 Å². The second-order valence-corrected chi connectivity index (χ2v) is 6.43. The first kappa shape index (κ1) is 17.4. The molecule has 0 aliphatic carbocycles. The van der Waals surface area contributed by atoms with Gasteiger partial charge in [-0.25, -0.2) is 4.79 Å². The summed E-state index contributed by atoms with van der Waals surface area (Å²) in [5, 5.41) is 11.4. The summed E-state index contributed by atoms with van der Waals surface area (Å²) in [7, 11) is 0. The number of nitrogens with zero attached hydrogens (tertiary/aromatic N) is 1. The van der Waals surface area contributed by atoms with Gasteiger partial charge in [-0.2, -0.15) is 0 Å². The second-order valence-electron chi connectivity index (χ2n) is 5.57. The molecule has 0 radical (unpaired) electrons. The molecule has 6 nitrogen and oxygen atoms in total. The number of anilines is 1. The topological polar surface area (TPSA) is 88.5 Å². The Morgan fingerprint density at radius 2 is 2.05 bits per heavy atom. The van der Waals surface area contributed by atoms with Gasteiger partial charge < -0.3 is 9.84 Å². The molecule has 2 N–H and O–H groups in total. The third kappa shape index (κ3) is 5.71. The minimum Gasteiger partial charge on any atom is -0.481 e. The van der Waals surface area contributed by atoms with Crippen LogP contribution < -0.4 is 5.32 Å². The quantitative estimate of drug-likeness (QED) is 0.859. The van der Waals surface area contributed by atoms with Gasteiger partial charge in [-0.15, -0.1) is 0 Å². The number of halogens is 1. The maximum absolute atomic E-state index is 11.9. The Kier molecular flexibility index (Phi) is 5.71. The van der Waals surface area contributed by atoms with E-state index in [0.29, 0.717) is 11.4 Å². The Hall–Kier alpha value is -1.63. The van der Waals surface area contributed by atoms with Crippen molar-refractivity contribution in [2.75, 3.05) is 5.32 Å². The average molecular weight is 359 g/mol. The monoisotopic (exact) mass is 358 g/mol. The SMILES string of the molecule is Cc1c(Br)cnc(CCC(=O)O)c1NC(=O)OC(C)(C)C. The van der Waals surface area contributed by atoms with Crippen LogP contribution in [-0.4, -0.2) is 27.8 Å². The molecular weight excluding hydrogens is 340 g/mol. The normalized spacial score (nSPS) is 11.1. The molecule has 0 bridgehead atoms. The van der Waals surface area contributed by atoms with Gasteiger partial charge in [0.15, 0.2) is 0 Å². The Bertz CT molecular complexity index is 553. The highest BCUT2D eigenvalue weighted by Crippen LogP contribution is 2.27. The Labute approximate surface area is 132 Å². The Morgan fingerprint density at radius 1 is 1.43 bits per heavy atom. The van der Waals surface area contributed by atoms with E-state index in [2.05, 4.69) is 26.2 Å². The van der Waals surface area contributed by atoms with Gasteiger partial charge >= 0.3 is 12.1 Å². The molecule has 1 aromatic rings. The number of hydrogen-bond donors (Lipinski definition) is 2. The molecule has 116 valence electrons. The first-order chi connectivity index (χ1) is 9.60. The number of aliphatic carboxylic acids is 1. The lowest BCUT2D eigenvalue weighted by molar-refractivity contribution is -0.136. The number of carbonyl (C=O) groups excluding carboxylic acids is 1. The molecule has 0 saturated carbocycles. The number of ether oxygens (including phenoxy) is 1. The molecule has 21 heavy (non-hydrogen) atoms. The van der Waals surface area contributed by atoms with E-state index in [1.54, 1.807) is 27.0 Å². The van der Waals surface area contributed by atoms with Gasteiger partial charge in [0.05, 0.1) is 17.8 Å². The summed E-state index contributed by atoms with van der Waals surface area (Å²) in [5.74, 6) is -0.916. The summed E-state index contributed by atoms with van der Waals surface area (Å²) >= 11 is 3.34. The minimum atomic E-state index is -0.916. The predicted octanol–water partition coefficient (Wildman–Crippen LogP) is 3.52. The summed E-state index contributed by atoms with van der Waals surface area (Å²) in [6.07, 6.45) is 1.17. The first-order valence-corrected chi connectivity index (χ1v) is 7.25. The van der Waals surface area contributed by atoms with E-state index in [9.17, 15) is 9.59 Å². The van der Waals surface area contributed by atoms with E-state index in [-0.39, 0.29) is 12.8 Å². The molecule has 0 aliphatic heterocycles. The molecule has 0 spiro atoms. The molecular formula is C14H19BrN2O4. The number of rotatable bonds is 4. The van der Waals surface area contributed by atoms with Gasteiger partial charge in [0.2, 0.25) is 0 Å². The number of carboxylic acids is 1. The zero-order valence-corrected chi connectivity index (χ0v) is 14.1. The molecule has 0 fully saturated rings. The molecule has 0 atom stereocenters. The van der Waals surface area contributed by atoms with Gasteiger partial charge in [-0.3, -0.25) is 15.1 Å². The van der Waals surface area contributed by atoms with E-state index in [1.165, 1.54) is 0 Å². The lowest BCUT2D eigenvalue weighted by atomic mass is 10.1. The molecule has 1 amide bonds. The third-order valence-electron chi connectivity index (χ3n) is 2.56. The molecule has 1 heterocycles. The summed E-state index contributed by atoms with van der Waals surface area (Å²) in [5.41, 5.74) is 1.17. The van der Waals surface area contributed by atoms with Crippen LogP contribution in [0.2, 0.25) is 0 Å². The third-order valence-corrected chi connectivity index (χ3v) is 3.36. The highest BCUT2D eigenvalue weighted by atomic mass is 79.9. The van der Waals surface area contributed by atoms with E-state index in [4.69, 9.17) is 9.84 Å². The number of carboxylic acid groups (broad SMARTS) is 1. The number of aryl methyl sites for hydroxylation is 1. The van der Waals surface area contributed by atoms with Gasteiger partial charge in [0.1, 0.15) is 5.60 Å². The molecule has 0 saturated heterocycles. The standard InChI is InChI=1S/C14H19BrN2O4/c1-8-9(15)7-16-10(5-6-11(18)19)12(8)17-13(20)21-14(2,3)4/h7H,5-6H2,1-4H3,(H,17,20)(H,18,19). The highest BCUT2D eigenvalue weighted by molar-refractivity contribution is 9.10. The van der Waals surface area contributed by atoms with Crippen LogP contribution in [0.5, 0.6) is 0 Å². The van der Waals surface area contributed by atoms with Crippen LogP contribution >= 0.6 is 15.9 Å². The zero-order chi connectivity index (χ0) is 16.2. The first-order valence-electron chi connectivity index (χ1n) is 6.46. The summed E-state index contributed by atoms with van der Waals surface area (Å²) in [6.45, 7) is 7.11. The molecule has 1 aromatic heterocycles. The lowest BCUT2D eigenvalue weighted by Gasteiger charge is -2.21. The van der Waals surface area contributed by atoms with Crippen LogP contribution in [-0.2, 0) is 16.0 Å². The fourth-order valence-corrected chi connectivity index (χ4v) is 1.92. The van der Waals surface area contributed by atoms with Crippen molar-refractivity contribution in [2.24, 2.45) is 0 Å². The van der Waals surface area contributed by atoms with Crippen LogP contribution in [0.1, 0.15) is 38.4 Å². The van der Waals surface area contributed by atoms with Crippen molar-refractivity contribution in [3.8, 4) is 0 Å². The number of carbonyl (C=O) groups is 2. The maximum atomic E-state index is 11.9. The molecule has 0 unspecified atom stereocenters. The predicted molar refractivity (Wildman–Crippen MR) is 82.5 cm³/mol. The fourth-order valence-electron chi connectivity index (χ4n) is 1.62. The largest absolute Gasteiger partial charge is 0.481 e. The summed E-state index contributed by atoms with van der Waals surface area (Å²) < 4.78 is 5.94. The van der Waals surface area contributed by atoms with E-state index >= 15 is 0 Å². The molecule has 7 heteroatoms. The number of aromatic nitrogens is 1. The maximum Gasteiger partial charge on any atom is 0.412 e. The van der Waals surface area contributed by atoms with Crippen LogP contribution in [0.15, 0.2) is 10.7 Å². The molecule has 1 rings (SSSR count). The van der Waals surface area contributed by atoms with E-state index < -0.39 is 17.7 Å². The lowest BCUT2D eigenvalue weighted by Crippen LogP contribution is -2.28. The van der Waals surface area contributed by atoms with Crippen LogP contribution in [0.25, 0.3) is 0 Å². The van der Waals surface area contributed by atoms with Crippen molar-refractivity contribution in [1.29, 1.82) is 0 Å². The Balaban J connectivity index is 2.99. The van der Waals surface area contributed by atoms with Gasteiger partial charge in [-0.1, -0.05) is 0 Å². The zero-order valence-electron chi connectivity index (χ0n) is 12.5. The number of nitrogens with one attached hydrogen (secondary N) is 1. The van der Waals surface area contributed by atoms with E-state index in [1.807, 2.05) is 6.92 Å². The van der Waals surface area contributed by atoms with Crippen molar-refractivity contribution in [3.63, 3.8) is 0 Å². The van der Waals surface area contributed by atoms with Crippen molar-refractivity contribution < 1.29 is 19.4 Å². The molecule has 0 aliphatic rings. The van der Waals surface area contributed by atoms with Crippen molar-refractivity contribution in [3.05, 3.63) is 21.9 Å². The second kappa shape index (κ2) is 6.89. The van der Waals surface area contributed by atoms with Crippen molar-refractivity contribution >= 4 is 33.7 Å². The number of hydrogen-bond acceptors (Lipinski definition) is 4. The summed E-state index contributed by atoms with van der Waals surface area (Å²) in [6, 6.07) is 0. The highest BCUT2D eigenvalue weighted by Gasteiger charge is 2.19. The van der Waals surface area contributed by atoms with Gasteiger partial charge in [0, 0.05) is 17.1 Å². The fraction of sp³-hybridized carbons (Fsp3) is 0.500. The van der Waals surface area contributed by atoms with Crippen molar-refractivity contribution in [1.82, 2.24) is 4.98 Å². The van der Waals surface area contributed by atoms with Crippen LogP contribution in [0.4, 0.5) is 10.5 Å². The van der Waals surface area contributed by atoms with Gasteiger partial charge in [0.25, 0.3) is 0 Å². The molecule has 0 aromatic carbocycles. The van der Waals surface area contributed by atoms with Gasteiger partial charge in [-0.05, 0) is 49.2 Å². The Morgan fingerprint density at radius 3 is 2.57 bits per heavy atom. The smallest absolute Gasteiger partial charge is 0.412 e. The average Bonchev–Trinajstić information content (AvgIpc) is 2.31.